The van der Waals surface area contributed by atoms with Crippen LogP contribution in [0.15, 0.2) is 93.0 Å². The van der Waals surface area contributed by atoms with E-state index in [9.17, 15) is 31.2 Å². The van der Waals surface area contributed by atoms with Crippen molar-refractivity contribution in [2.24, 2.45) is 0 Å². The molecule has 7 nitrogen and oxygen atoms in total. The molecule has 174 valence electrons. The predicted molar refractivity (Wildman–Crippen MR) is 119 cm³/mol. The van der Waals surface area contributed by atoms with Gasteiger partial charge in [-0.15, -0.1) is 0 Å². The molecule has 1 aromatic heterocycles. The van der Waals surface area contributed by atoms with Crippen molar-refractivity contribution < 1.29 is 30.8 Å². The Morgan fingerprint density at radius 2 is 1.56 bits per heavy atom. The molecule has 0 saturated carbocycles. The zero-order chi connectivity index (χ0) is 24.5. The van der Waals surface area contributed by atoms with Gasteiger partial charge in [0.15, 0.2) is 11.2 Å². The van der Waals surface area contributed by atoms with Crippen LogP contribution < -0.4 is 15.5 Å². The predicted octanol–water partition coefficient (Wildman–Crippen LogP) is 4.86. The Hall–Kier alpha value is -4.12. The quantitative estimate of drug-likeness (QED) is 0.417. The normalized spacial score (nSPS) is 11.9. The average molecular weight is 488 g/mol. The lowest BCUT2D eigenvalue weighted by molar-refractivity contribution is -0.137. The number of nitrogens with one attached hydrogen (secondary N) is 2. The lowest BCUT2D eigenvalue weighted by Crippen LogP contribution is -2.16. The first-order valence-corrected chi connectivity index (χ1v) is 11.2. The van der Waals surface area contributed by atoms with E-state index in [1.165, 1.54) is 30.3 Å². The van der Waals surface area contributed by atoms with Crippen molar-refractivity contribution >= 4 is 38.3 Å². The molecule has 0 spiro atoms. The fourth-order valence-electron chi connectivity index (χ4n) is 3.12. The number of anilines is 2. The van der Waals surface area contributed by atoms with Crippen LogP contribution in [0.1, 0.15) is 16.1 Å². The van der Waals surface area contributed by atoms with E-state index in [1.807, 2.05) is 0 Å². The molecule has 0 saturated heterocycles. The van der Waals surface area contributed by atoms with Crippen molar-refractivity contribution in [2.45, 2.75) is 11.1 Å². The summed E-state index contributed by atoms with van der Waals surface area (Å²) >= 11 is 0. The highest BCUT2D eigenvalue weighted by molar-refractivity contribution is 7.92. The molecule has 4 aromatic rings. The van der Waals surface area contributed by atoms with Crippen LogP contribution in [0.4, 0.5) is 24.5 Å². The molecule has 0 aliphatic carbocycles. The van der Waals surface area contributed by atoms with Gasteiger partial charge >= 0.3 is 6.18 Å². The fraction of sp³-hybridized carbons (Fsp3) is 0.0435. The van der Waals surface area contributed by atoms with Gasteiger partial charge in [0.25, 0.3) is 15.9 Å². The van der Waals surface area contributed by atoms with E-state index in [2.05, 4.69) is 10.0 Å². The molecule has 0 aliphatic heterocycles. The van der Waals surface area contributed by atoms with Crippen LogP contribution in [0.25, 0.3) is 11.0 Å². The number of carbonyl (C=O) groups is 1. The van der Waals surface area contributed by atoms with E-state index in [1.54, 1.807) is 18.2 Å². The standard InChI is InChI=1S/C23H15F3N2O5S/c24-23(25,26)14-5-3-7-16(11-14)28-34(31,32)17-8-4-6-15(12-17)27-22(30)21-13-19(29)18-9-1-2-10-20(18)33-21/h1-13,28H,(H,27,30). The average Bonchev–Trinajstić information content (AvgIpc) is 2.78. The summed E-state index contributed by atoms with van der Waals surface area (Å²) in [7, 11) is -4.28. The number of para-hydroxylation sites is 1. The summed E-state index contributed by atoms with van der Waals surface area (Å²) in [6.45, 7) is 0. The number of fused-ring (bicyclic) bond motifs is 1. The Kier molecular flexibility index (Phi) is 5.88. The molecular formula is C23H15F3N2O5S. The monoisotopic (exact) mass is 488 g/mol. The molecule has 0 unspecified atom stereocenters. The number of carbonyl (C=O) groups excluding carboxylic acids is 1. The summed E-state index contributed by atoms with van der Waals surface area (Å²) in [5.41, 5.74) is -1.43. The summed E-state index contributed by atoms with van der Waals surface area (Å²) in [6.07, 6.45) is -4.64. The molecule has 11 heteroatoms. The number of benzene rings is 3. The molecule has 1 amide bonds. The van der Waals surface area contributed by atoms with Crippen molar-refractivity contribution in [2.75, 3.05) is 10.0 Å². The van der Waals surface area contributed by atoms with Gasteiger partial charge in [0.1, 0.15) is 5.58 Å². The molecule has 0 radical (unpaired) electrons. The van der Waals surface area contributed by atoms with Crippen molar-refractivity contribution in [3.63, 3.8) is 0 Å². The van der Waals surface area contributed by atoms with E-state index in [0.29, 0.717) is 11.5 Å². The first-order chi connectivity index (χ1) is 16.0. The molecule has 3 aromatic carbocycles. The van der Waals surface area contributed by atoms with Gasteiger partial charge in [-0.2, -0.15) is 13.2 Å². The largest absolute Gasteiger partial charge is 0.451 e. The lowest BCUT2D eigenvalue weighted by atomic mass is 10.2. The Bertz CT molecular complexity index is 1560. The third-order valence-corrected chi connectivity index (χ3v) is 6.08. The second kappa shape index (κ2) is 8.67. The number of amides is 1. The Labute approximate surface area is 190 Å². The third-order valence-electron chi connectivity index (χ3n) is 4.70. The second-order valence-corrected chi connectivity index (χ2v) is 8.82. The van der Waals surface area contributed by atoms with Crippen molar-refractivity contribution in [1.29, 1.82) is 0 Å². The van der Waals surface area contributed by atoms with Gasteiger partial charge in [-0.3, -0.25) is 14.3 Å². The molecule has 34 heavy (non-hydrogen) atoms. The van der Waals surface area contributed by atoms with E-state index >= 15 is 0 Å². The zero-order valence-corrected chi connectivity index (χ0v) is 17.9. The second-order valence-electron chi connectivity index (χ2n) is 7.14. The highest BCUT2D eigenvalue weighted by Crippen LogP contribution is 2.31. The van der Waals surface area contributed by atoms with Crippen LogP contribution in [0.3, 0.4) is 0 Å². The van der Waals surface area contributed by atoms with Crippen LogP contribution in [0.5, 0.6) is 0 Å². The van der Waals surface area contributed by atoms with Gasteiger partial charge in [0, 0.05) is 17.4 Å². The minimum atomic E-state index is -4.64. The van der Waals surface area contributed by atoms with Crippen LogP contribution in [0, 0.1) is 0 Å². The molecule has 4 rings (SSSR count). The molecule has 0 bridgehead atoms. The number of halogens is 3. The van der Waals surface area contributed by atoms with Gasteiger partial charge in [0.05, 0.1) is 15.8 Å². The molecule has 1 heterocycles. The van der Waals surface area contributed by atoms with E-state index in [4.69, 9.17) is 4.42 Å². The van der Waals surface area contributed by atoms with Crippen molar-refractivity contribution in [3.8, 4) is 0 Å². The summed E-state index contributed by atoms with van der Waals surface area (Å²) in [6, 6.07) is 16.2. The Morgan fingerprint density at radius 3 is 2.32 bits per heavy atom. The minimum Gasteiger partial charge on any atom is -0.451 e. The summed E-state index contributed by atoms with van der Waals surface area (Å²) in [4.78, 5) is 24.5. The van der Waals surface area contributed by atoms with Crippen molar-refractivity contribution in [1.82, 2.24) is 0 Å². The van der Waals surface area contributed by atoms with Crippen LogP contribution in [-0.2, 0) is 16.2 Å². The first kappa shape index (κ1) is 23.1. The molecular weight excluding hydrogens is 473 g/mol. The third kappa shape index (κ3) is 4.94. The Balaban J connectivity index is 1.57. The topological polar surface area (TPSA) is 105 Å². The number of sulfonamides is 1. The van der Waals surface area contributed by atoms with Crippen molar-refractivity contribution in [3.05, 3.63) is 100 Å². The number of hydrogen-bond acceptors (Lipinski definition) is 5. The highest BCUT2D eigenvalue weighted by atomic mass is 32.2. The summed E-state index contributed by atoms with van der Waals surface area (Å²) in [5, 5.41) is 2.74. The van der Waals surface area contributed by atoms with Crippen LogP contribution in [0.2, 0.25) is 0 Å². The van der Waals surface area contributed by atoms with E-state index < -0.39 is 33.1 Å². The number of rotatable bonds is 5. The molecule has 0 fully saturated rings. The van der Waals surface area contributed by atoms with Gasteiger partial charge in [0.2, 0.25) is 0 Å². The molecule has 2 N–H and O–H groups in total. The maximum atomic E-state index is 12.9. The van der Waals surface area contributed by atoms with Gasteiger partial charge in [-0.25, -0.2) is 8.42 Å². The zero-order valence-electron chi connectivity index (χ0n) is 17.1. The SMILES string of the molecule is O=C(Nc1cccc(S(=O)(=O)Nc2cccc(C(F)(F)F)c2)c1)c1cc(=O)c2ccccc2o1. The van der Waals surface area contributed by atoms with Crippen LogP contribution in [-0.4, -0.2) is 14.3 Å². The lowest BCUT2D eigenvalue weighted by Gasteiger charge is -2.12. The maximum absolute atomic E-state index is 12.9. The van der Waals surface area contributed by atoms with E-state index in [0.717, 1.165) is 24.3 Å². The maximum Gasteiger partial charge on any atom is 0.416 e. The first-order valence-electron chi connectivity index (χ1n) is 9.67. The van der Waals surface area contributed by atoms with E-state index in [-0.39, 0.29) is 27.6 Å². The fourth-order valence-corrected chi connectivity index (χ4v) is 4.22. The molecule has 0 aliphatic rings. The molecule has 0 atom stereocenters. The van der Waals surface area contributed by atoms with Crippen LogP contribution >= 0.6 is 0 Å². The highest BCUT2D eigenvalue weighted by Gasteiger charge is 2.30. The minimum absolute atomic E-state index is 0.0627. The summed E-state index contributed by atoms with van der Waals surface area (Å²) in [5.74, 6) is -1.07. The van der Waals surface area contributed by atoms with Gasteiger partial charge < -0.3 is 9.73 Å². The number of alkyl halides is 3. The number of hydrogen-bond donors (Lipinski definition) is 2. The Morgan fingerprint density at radius 1 is 0.853 bits per heavy atom. The summed E-state index contributed by atoms with van der Waals surface area (Å²) < 4.78 is 71.7. The van der Waals surface area contributed by atoms with Gasteiger partial charge in [-0.05, 0) is 48.5 Å². The van der Waals surface area contributed by atoms with Gasteiger partial charge in [-0.1, -0.05) is 24.3 Å². The smallest absolute Gasteiger partial charge is 0.416 e.